The first-order valence-electron chi connectivity index (χ1n) is 6.46. The zero-order chi connectivity index (χ0) is 13.1. The molecule has 0 aliphatic heterocycles. The number of fused-ring (bicyclic) bond motifs is 1. The lowest BCUT2D eigenvalue weighted by Gasteiger charge is -2.10. The Hall–Kier alpha value is -1.77. The molecule has 1 amide bonds. The summed E-state index contributed by atoms with van der Waals surface area (Å²) in [6.45, 7) is 6.17. The first-order chi connectivity index (χ1) is 8.61. The van der Waals surface area contributed by atoms with Crippen LogP contribution in [0.25, 0.3) is 10.9 Å². The SMILES string of the molecule is CCC(C)NC(=O)Cc1c[nH]c2c(C)cccc12. The molecule has 2 rings (SSSR count). The maximum atomic E-state index is 11.9. The summed E-state index contributed by atoms with van der Waals surface area (Å²) in [5.74, 6) is 0.0896. The predicted octanol–water partition coefficient (Wildman–Crippen LogP) is 2.93. The second-order valence-electron chi connectivity index (χ2n) is 4.86. The number of aromatic amines is 1. The van der Waals surface area contributed by atoms with Gasteiger partial charge in [0.05, 0.1) is 6.42 Å². The highest BCUT2D eigenvalue weighted by atomic mass is 16.1. The van der Waals surface area contributed by atoms with Gasteiger partial charge >= 0.3 is 0 Å². The van der Waals surface area contributed by atoms with Gasteiger partial charge in [0.25, 0.3) is 0 Å². The molecular weight excluding hydrogens is 224 g/mol. The van der Waals surface area contributed by atoms with Crippen molar-refractivity contribution in [2.45, 2.75) is 39.7 Å². The van der Waals surface area contributed by atoms with Crippen LogP contribution in [0.15, 0.2) is 24.4 Å². The Balaban J connectivity index is 2.17. The van der Waals surface area contributed by atoms with E-state index in [9.17, 15) is 4.79 Å². The number of nitrogens with one attached hydrogen (secondary N) is 2. The number of aromatic nitrogens is 1. The van der Waals surface area contributed by atoms with Crippen molar-refractivity contribution in [3.05, 3.63) is 35.5 Å². The minimum absolute atomic E-state index is 0.0896. The highest BCUT2D eigenvalue weighted by molar-refractivity contribution is 5.90. The molecule has 2 N–H and O–H groups in total. The van der Waals surface area contributed by atoms with Gasteiger partial charge in [0.2, 0.25) is 5.91 Å². The number of benzene rings is 1. The molecule has 3 heteroatoms. The van der Waals surface area contributed by atoms with Gasteiger partial charge in [-0.3, -0.25) is 4.79 Å². The normalized spacial score (nSPS) is 12.6. The molecule has 1 aromatic heterocycles. The average molecular weight is 244 g/mol. The van der Waals surface area contributed by atoms with Crippen LogP contribution in [0.4, 0.5) is 0 Å². The fraction of sp³-hybridized carbons (Fsp3) is 0.400. The third-order valence-corrected chi connectivity index (χ3v) is 3.38. The molecule has 2 aromatic rings. The first-order valence-corrected chi connectivity index (χ1v) is 6.46. The third-order valence-electron chi connectivity index (χ3n) is 3.38. The van der Waals surface area contributed by atoms with Gasteiger partial charge in [0.1, 0.15) is 0 Å². The molecule has 3 nitrogen and oxygen atoms in total. The smallest absolute Gasteiger partial charge is 0.224 e. The molecule has 0 saturated heterocycles. The number of H-pyrrole nitrogens is 1. The van der Waals surface area contributed by atoms with Crippen LogP contribution in [0.5, 0.6) is 0 Å². The van der Waals surface area contributed by atoms with E-state index < -0.39 is 0 Å². The van der Waals surface area contributed by atoms with Crippen molar-refractivity contribution in [3.63, 3.8) is 0 Å². The number of aryl methyl sites for hydroxylation is 1. The molecule has 1 aromatic carbocycles. The van der Waals surface area contributed by atoms with E-state index in [-0.39, 0.29) is 11.9 Å². The van der Waals surface area contributed by atoms with Crippen LogP contribution in [0, 0.1) is 6.92 Å². The number of hydrogen-bond acceptors (Lipinski definition) is 1. The Kier molecular flexibility index (Phi) is 3.70. The number of hydrogen-bond donors (Lipinski definition) is 2. The largest absolute Gasteiger partial charge is 0.361 e. The number of carbonyl (C=O) groups excluding carboxylic acids is 1. The van der Waals surface area contributed by atoms with E-state index in [1.807, 2.05) is 19.2 Å². The van der Waals surface area contributed by atoms with Crippen LogP contribution in [-0.2, 0) is 11.2 Å². The summed E-state index contributed by atoms with van der Waals surface area (Å²) in [6.07, 6.45) is 3.33. The second kappa shape index (κ2) is 5.25. The molecule has 0 radical (unpaired) electrons. The molecule has 96 valence electrons. The van der Waals surface area contributed by atoms with Crippen LogP contribution in [0.1, 0.15) is 31.4 Å². The Morgan fingerprint density at radius 1 is 1.44 bits per heavy atom. The standard InChI is InChI=1S/C15H20N2O/c1-4-11(3)17-14(18)8-12-9-16-15-10(2)6-5-7-13(12)15/h5-7,9,11,16H,4,8H2,1-3H3,(H,17,18). The predicted molar refractivity (Wildman–Crippen MR) is 74.6 cm³/mol. The van der Waals surface area contributed by atoms with E-state index in [1.165, 1.54) is 5.56 Å². The van der Waals surface area contributed by atoms with E-state index in [0.717, 1.165) is 22.9 Å². The first kappa shape index (κ1) is 12.7. The highest BCUT2D eigenvalue weighted by Gasteiger charge is 2.11. The van der Waals surface area contributed by atoms with Gasteiger partial charge in [-0.15, -0.1) is 0 Å². The van der Waals surface area contributed by atoms with Crippen molar-refractivity contribution in [2.24, 2.45) is 0 Å². The van der Waals surface area contributed by atoms with Gasteiger partial charge in [-0.25, -0.2) is 0 Å². The lowest BCUT2D eigenvalue weighted by molar-refractivity contribution is -0.121. The summed E-state index contributed by atoms with van der Waals surface area (Å²) in [6, 6.07) is 6.40. The lowest BCUT2D eigenvalue weighted by atomic mass is 10.1. The monoisotopic (exact) mass is 244 g/mol. The quantitative estimate of drug-likeness (QED) is 0.853. The van der Waals surface area contributed by atoms with Crippen molar-refractivity contribution >= 4 is 16.8 Å². The summed E-state index contributed by atoms with van der Waals surface area (Å²) < 4.78 is 0. The third kappa shape index (κ3) is 2.55. The minimum atomic E-state index is 0.0896. The maximum absolute atomic E-state index is 11.9. The number of carbonyl (C=O) groups is 1. The molecule has 18 heavy (non-hydrogen) atoms. The van der Waals surface area contributed by atoms with Crippen LogP contribution >= 0.6 is 0 Å². The molecule has 0 aliphatic carbocycles. The molecule has 0 spiro atoms. The van der Waals surface area contributed by atoms with Crippen molar-refractivity contribution < 1.29 is 4.79 Å². The summed E-state index contributed by atoms with van der Waals surface area (Å²) in [7, 11) is 0. The van der Waals surface area contributed by atoms with E-state index in [4.69, 9.17) is 0 Å². The molecule has 0 fully saturated rings. The van der Waals surface area contributed by atoms with Gasteiger partial charge in [-0.05, 0) is 31.4 Å². The number of rotatable bonds is 4. The number of para-hydroxylation sites is 1. The van der Waals surface area contributed by atoms with E-state index in [2.05, 4.69) is 36.3 Å². The van der Waals surface area contributed by atoms with Crippen LogP contribution in [0.3, 0.4) is 0 Å². The van der Waals surface area contributed by atoms with Crippen molar-refractivity contribution in [2.75, 3.05) is 0 Å². The fourth-order valence-corrected chi connectivity index (χ4v) is 2.11. The Morgan fingerprint density at radius 3 is 2.94 bits per heavy atom. The Morgan fingerprint density at radius 2 is 2.22 bits per heavy atom. The lowest BCUT2D eigenvalue weighted by Crippen LogP contribution is -2.33. The summed E-state index contributed by atoms with van der Waals surface area (Å²) in [5.41, 5.74) is 3.40. The average Bonchev–Trinajstić information content (AvgIpc) is 2.74. The Bertz CT molecular complexity index is 557. The van der Waals surface area contributed by atoms with E-state index in [1.54, 1.807) is 0 Å². The van der Waals surface area contributed by atoms with Gasteiger partial charge in [0.15, 0.2) is 0 Å². The fourth-order valence-electron chi connectivity index (χ4n) is 2.11. The van der Waals surface area contributed by atoms with Gasteiger partial charge < -0.3 is 10.3 Å². The number of amides is 1. The van der Waals surface area contributed by atoms with Crippen LogP contribution in [0.2, 0.25) is 0 Å². The Labute approximate surface area is 108 Å². The van der Waals surface area contributed by atoms with E-state index >= 15 is 0 Å². The molecule has 1 unspecified atom stereocenters. The molecule has 1 atom stereocenters. The minimum Gasteiger partial charge on any atom is -0.361 e. The topological polar surface area (TPSA) is 44.9 Å². The summed E-state index contributed by atoms with van der Waals surface area (Å²) in [4.78, 5) is 15.1. The molecule has 0 bridgehead atoms. The molecular formula is C15H20N2O. The summed E-state index contributed by atoms with van der Waals surface area (Å²) in [5, 5.41) is 4.14. The molecule has 0 aliphatic rings. The molecule has 1 heterocycles. The van der Waals surface area contributed by atoms with E-state index in [0.29, 0.717) is 6.42 Å². The zero-order valence-corrected chi connectivity index (χ0v) is 11.2. The van der Waals surface area contributed by atoms with Crippen LogP contribution < -0.4 is 5.32 Å². The van der Waals surface area contributed by atoms with Gasteiger partial charge in [0, 0.05) is 23.1 Å². The van der Waals surface area contributed by atoms with Crippen molar-refractivity contribution in [3.8, 4) is 0 Å². The maximum Gasteiger partial charge on any atom is 0.224 e. The zero-order valence-electron chi connectivity index (χ0n) is 11.2. The highest BCUT2D eigenvalue weighted by Crippen LogP contribution is 2.21. The van der Waals surface area contributed by atoms with Crippen LogP contribution in [-0.4, -0.2) is 16.9 Å². The second-order valence-corrected chi connectivity index (χ2v) is 4.86. The summed E-state index contributed by atoms with van der Waals surface area (Å²) >= 11 is 0. The van der Waals surface area contributed by atoms with Gasteiger partial charge in [-0.1, -0.05) is 25.1 Å². The van der Waals surface area contributed by atoms with Crippen molar-refractivity contribution in [1.29, 1.82) is 0 Å². The van der Waals surface area contributed by atoms with Crippen molar-refractivity contribution in [1.82, 2.24) is 10.3 Å². The van der Waals surface area contributed by atoms with Gasteiger partial charge in [-0.2, -0.15) is 0 Å². The molecule has 0 saturated carbocycles.